The maximum absolute atomic E-state index is 9.64. The normalized spacial score (nSPS) is 13.0. The summed E-state index contributed by atoms with van der Waals surface area (Å²) in [7, 11) is 0. The van der Waals surface area contributed by atoms with Gasteiger partial charge < -0.3 is 20.1 Å². The molecule has 0 saturated carbocycles. The Balaban J connectivity index is 2.33. The Morgan fingerprint density at radius 3 is 2.90 bits per heavy atom. The molecule has 1 aromatic heterocycles. The van der Waals surface area contributed by atoms with Crippen LogP contribution in [-0.4, -0.2) is 34.0 Å². The van der Waals surface area contributed by atoms with Crippen LogP contribution in [-0.2, 0) is 13.1 Å². The van der Waals surface area contributed by atoms with Crippen molar-refractivity contribution in [1.82, 2.24) is 9.88 Å². The fourth-order valence-electron chi connectivity index (χ4n) is 2.32. The highest BCUT2D eigenvalue weighted by Crippen LogP contribution is 2.25. The summed E-state index contributed by atoms with van der Waals surface area (Å²) in [5.41, 5.74) is 2.16. The minimum Gasteiger partial charge on any atom is -0.394 e. The van der Waals surface area contributed by atoms with E-state index in [0.717, 1.165) is 30.4 Å². The number of rotatable bonds is 7. The zero-order valence-corrected chi connectivity index (χ0v) is 12.4. The third kappa shape index (κ3) is 3.52. The van der Waals surface area contributed by atoms with Gasteiger partial charge in [0.1, 0.15) is 0 Å². The highest BCUT2D eigenvalue weighted by molar-refractivity contribution is 6.31. The van der Waals surface area contributed by atoms with Crippen LogP contribution in [0.2, 0.25) is 5.02 Å². The highest BCUT2D eigenvalue weighted by atomic mass is 35.5. The van der Waals surface area contributed by atoms with Crippen molar-refractivity contribution in [3.05, 3.63) is 35.0 Å². The molecule has 1 unspecified atom stereocenters. The largest absolute Gasteiger partial charge is 0.394 e. The van der Waals surface area contributed by atoms with Crippen LogP contribution in [0.25, 0.3) is 10.9 Å². The van der Waals surface area contributed by atoms with E-state index in [1.165, 1.54) is 5.56 Å². The fourth-order valence-corrected chi connectivity index (χ4v) is 2.48. The predicted octanol–water partition coefficient (Wildman–Crippen LogP) is 2.15. The van der Waals surface area contributed by atoms with Crippen molar-refractivity contribution in [3.8, 4) is 0 Å². The average molecular weight is 297 g/mol. The quantitative estimate of drug-likeness (QED) is 0.686. The molecular weight excluding hydrogens is 276 g/mol. The molecule has 0 aliphatic carbocycles. The molecule has 0 bridgehead atoms. The predicted molar refractivity (Wildman–Crippen MR) is 82.0 cm³/mol. The molecule has 0 fully saturated rings. The minimum absolute atomic E-state index is 0.246. The van der Waals surface area contributed by atoms with Gasteiger partial charge in [-0.2, -0.15) is 0 Å². The van der Waals surface area contributed by atoms with Crippen LogP contribution in [0.15, 0.2) is 24.4 Å². The summed E-state index contributed by atoms with van der Waals surface area (Å²) in [6.07, 6.45) is 2.34. The molecule has 1 atom stereocenters. The molecule has 4 nitrogen and oxygen atoms in total. The third-order valence-corrected chi connectivity index (χ3v) is 3.52. The van der Waals surface area contributed by atoms with Crippen LogP contribution in [0, 0.1) is 0 Å². The Kier molecular flexibility index (Phi) is 5.43. The minimum atomic E-state index is -0.763. The number of fused-ring (bicyclic) bond motifs is 1. The van der Waals surface area contributed by atoms with Gasteiger partial charge in [0.15, 0.2) is 0 Å². The lowest BCUT2D eigenvalue weighted by atomic mass is 10.2. The molecule has 1 aromatic carbocycles. The number of nitrogens with one attached hydrogen (secondary N) is 1. The maximum Gasteiger partial charge on any atom is 0.0949 e. The van der Waals surface area contributed by atoms with Crippen molar-refractivity contribution in [3.63, 3.8) is 0 Å². The number of halogens is 1. The van der Waals surface area contributed by atoms with E-state index >= 15 is 0 Å². The lowest BCUT2D eigenvalue weighted by Gasteiger charge is -2.09. The molecule has 2 rings (SSSR count). The number of aliphatic hydroxyl groups is 2. The Morgan fingerprint density at radius 1 is 1.40 bits per heavy atom. The molecule has 5 heteroatoms. The molecule has 0 aliphatic heterocycles. The fraction of sp³-hybridized carbons (Fsp3) is 0.467. The zero-order valence-electron chi connectivity index (χ0n) is 11.6. The molecule has 2 aromatic rings. The van der Waals surface area contributed by atoms with Gasteiger partial charge in [0.05, 0.1) is 19.3 Å². The van der Waals surface area contributed by atoms with Gasteiger partial charge in [-0.25, -0.2) is 0 Å². The molecule has 20 heavy (non-hydrogen) atoms. The Morgan fingerprint density at radius 2 is 2.20 bits per heavy atom. The molecule has 0 radical (unpaired) electrons. The molecule has 0 amide bonds. The van der Waals surface area contributed by atoms with E-state index in [-0.39, 0.29) is 6.61 Å². The standard InChI is InChI=1S/C15H21ClN2O2/c1-2-5-17-7-11-8-18(9-13(20)10-19)15-6-12(16)3-4-14(11)15/h3-4,6,8,13,17,19-20H,2,5,7,9-10H2,1H3. The van der Waals surface area contributed by atoms with E-state index in [1.54, 1.807) is 0 Å². The molecule has 110 valence electrons. The Hall–Kier alpha value is -1.07. The summed E-state index contributed by atoms with van der Waals surface area (Å²) in [5.74, 6) is 0. The van der Waals surface area contributed by atoms with E-state index in [9.17, 15) is 5.11 Å². The summed E-state index contributed by atoms with van der Waals surface area (Å²) in [6.45, 7) is 4.01. The van der Waals surface area contributed by atoms with Crippen LogP contribution < -0.4 is 5.32 Å². The summed E-state index contributed by atoms with van der Waals surface area (Å²) in [6, 6.07) is 5.77. The summed E-state index contributed by atoms with van der Waals surface area (Å²) < 4.78 is 1.95. The van der Waals surface area contributed by atoms with Crippen LogP contribution in [0.1, 0.15) is 18.9 Å². The first kappa shape index (κ1) is 15.3. The van der Waals surface area contributed by atoms with Gasteiger partial charge in [0, 0.05) is 28.7 Å². The highest BCUT2D eigenvalue weighted by Gasteiger charge is 2.11. The van der Waals surface area contributed by atoms with Crippen LogP contribution in [0.5, 0.6) is 0 Å². The summed E-state index contributed by atoms with van der Waals surface area (Å²) in [4.78, 5) is 0. The average Bonchev–Trinajstić information content (AvgIpc) is 2.76. The SMILES string of the molecule is CCCNCc1cn(CC(O)CO)c2cc(Cl)ccc12. The van der Waals surface area contributed by atoms with Crippen LogP contribution >= 0.6 is 11.6 Å². The molecular formula is C15H21ClN2O2. The van der Waals surface area contributed by atoms with E-state index in [1.807, 2.05) is 29.0 Å². The molecule has 1 heterocycles. The van der Waals surface area contributed by atoms with E-state index in [0.29, 0.717) is 11.6 Å². The number of aliphatic hydroxyl groups excluding tert-OH is 2. The zero-order chi connectivity index (χ0) is 14.5. The van der Waals surface area contributed by atoms with Gasteiger partial charge in [-0.3, -0.25) is 0 Å². The van der Waals surface area contributed by atoms with Crippen LogP contribution in [0.4, 0.5) is 0 Å². The molecule has 0 aliphatic rings. The molecule has 3 N–H and O–H groups in total. The van der Waals surface area contributed by atoms with Crippen molar-refractivity contribution >= 4 is 22.5 Å². The van der Waals surface area contributed by atoms with Gasteiger partial charge in [0.25, 0.3) is 0 Å². The maximum atomic E-state index is 9.64. The topological polar surface area (TPSA) is 57.4 Å². The van der Waals surface area contributed by atoms with Gasteiger partial charge in [-0.15, -0.1) is 0 Å². The van der Waals surface area contributed by atoms with Crippen molar-refractivity contribution in [1.29, 1.82) is 0 Å². The number of hydrogen-bond acceptors (Lipinski definition) is 3. The molecule has 0 spiro atoms. The van der Waals surface area contributed by atoms with Crippen molar-refractivity contribution < 1.29 is 10.2 Å². The third-order valence-electron chi connectivity index (χ3n) is 3.29. The van der Waals surface area contributed by atoms with Gasteiger partial charge in [-0.1, -0.05) is 24.6 Å². The Labute approximate surface area is 124 Å². The monoisotopic (exact) mass is 296 g/mol. The van der Waals surface area contributed by atoms with Gasteiger partial charge >= 0.3 is 0 Å². The van der Waals surface area contributed by atoms with Crippen molar-refractivity contribution in [2.24, 2.45) is 0 Å². The smallest absolute Gasteiger partial charge is 0.0949 e. The Bertz CT molecular complexity index is 568. The second kappa shape index (κ2) is 7.09. The van der Waals surface area contributed by atoms with E-state index in [2.05, 4.69) is 12.2 Å². The summed E-state index contributed by atoms with van der Waals surface area (Å²) >= 11 is 6.06. The van der Waals surface area contributed by atoms with Gasteiger partial charge in [-0.05, 0) is 30.7 Å². The van der Waals surface area contributed by atoms with Crippen molar-refractivity contribution in [2.75, 3.05) is 13.2 Å². The number of nitrogens with zero attached hydrogens (tertiary/aromatic N) is 1. The second-order valence-corrected chi connectivity index (χ2v) is 5.42. The van der Waals surface area contributed by atoms with Crippen LogP contribution in [0.3, 0.4) is 0 Å². The first-order valence-corrected chi connectivity index (χ1v) is 7.30. The lowest BCUT2D eigenvalue weighted by Crippen LogP contribution is -2.19. The number of hydrogen-bond donors (Lipinski definition) is 3. The van der Waals surface area contributed by atoms with E-state index in [4.69, 9.17) is 16.7 Å². The van der Waals surface area contributed by atoms with E-state index < -0.39 is 6.10 Å². The lowest BCUT2D eigenvalue weighted by molar-refractivity contribution is 0.0822. The number of benzene rings is 1. The number of aromatic nitrogens is 1. The first-order chi connectivity index (χ1) is 9.65. The van der Waals surface area contributed by atoms with Gasteiger partial charge in [0.2, 0.25) is 0 Å². The molecule has 0 saturated heterocycles. The second-order valence-electron chi connectivity index (χ2n) is 4.98. The van der Waals surface area contributed by atoms with Crippen molar-refractivity contribution in [2.45, 2.75) is 32.5 Å². The first-order valence-electron chi connectivity index (χ1n) is 6.92. The summed E-state index contributed by atoms with van der Waals surface area (Å²) in [5, 5.41) is 23.8.